The van der Waals surface area contributed by atoms with Gasteiger partial charge in [-0.3, -0.25) is 14.2 Å². The largest absolute Gasteiger partial charge is 0.493 e. The maximum absolute atomic E-state index is 11.7. The number of ether oxygens (including phenoxy) is 4. The van der Waals surface area contributed by atoms with E-state index in [4.69, 9.17) is 18.9 Å². The van der Waals surface area contributed by atoms with E-state index in [1.807, 2.05) is 0 Å². The van der Waals surface area contributed by atoms with Crippen molar-refractivity contribution in [1.82, 2.24) is 4.90 Å². The van der Waals surface area contributed by atoms with Crippen molar-refractivity contribution in [3.8, 4) is 23.0 Å². The molecule has 0 spiro atoms. The van der Waals surface area contributed by atoms with Crippen LogP contribution in [0.2, 0.25) is 0 Å². The maximum Gasteiger partial charge on any atom is 0.278 e. The molecule has 232 valence electrons. The molecule has 3 aromatic carbocycles. The molecule has 10 heteroatoms. The van der Waals surface area contributed by atoms with Crippen molar-refractivity contribution < 1.29 is 36.7 Å². The molecule has 7 rings (SSSR count). The Morgan fingerprint density at radius 3 is 1.72 bits per heavy atom. The zero-order chi connectivity index (χ0) is 30.9. The smallest absolute Gasteiger partial charge is 0.278 e. The van der Waals surface area contributed by atoms with Gasteiger partial charge in [0.2, 0.25) is 0 Å². The SMILES string of the molecule is CC1(C)[C@H]2CC[C@]1(S(=O)(=O)O)C(=O)C2.COc1cc2c3c(c4cc(OC)c(OC)cc4c2cc1OC)CN1CCCC1C3. The molecule has 43 heavy (non-hydrogen) atoms. The highest BCUT2D eigenvalue weighted by Gasteiger charge is 2.70. The first-order chi connectivity index (χ1) is 20.4. The molecular formula is C33H41NO8S. The number of Topliss-reactive ketones (excluding diaryl/α,β-unsaturated/α-hetero) is 1. The summed E-state index contributed by atoms with van der Waals surface area (Å²) in [4.78, 5) is 14.3. The first kappa shape index (κ1) is 30.0. The first-order valence-corrected chi connectivity index (χ1v) is 16.3. The van der Waals surface area contributed by atoms with E-state index in [2.05, 4.69) is 29.2 Å². The predicted octanol–water partition coefficient (Wildman–Crippen LogP) is 5.57. The van der Waals surface area contributed by atoms with Gasteiger partial charge in [0.25, 0.3) is 10.1 Å². The summed E-state index contributed by atoms with van der Waals surface area (Å²) in [5, 5.41) is 4.82. The number of carbonyl (C=O) groups is 1. The van der Waals surface area contributed by atoms with Gasteiger partial charge in [0, 0.05) is 19.0 Å². The molecule has 2 saturated carbocycles. The lowest BCUT2D eigenvalue weighted by Crippen LogP contribution is -2.50. The number of methoxy groups -OCH3 is 4. The molecule has 2 aliphatic heterocycles. The van der Waals surface area contributed by atoms with Crippen LogP contribution < -0.4 is 18.9 Å². The third kappa shape index (κ3) is 4.31. The Labute approximate surface area is 253 Å². The Morgan fingerprint density at radius 2 is 1.30 bits per heavy atom. The van der Waals surface area contributed by atoms with Crippen LogP contribution in [-0.4, -0.2) is 69.4 Å². The minimum absolute atomic E-state index is 0.108. The second-order valence-corrected chi connectivity index (χ2v) is 14.5. The maximum atomic E-state index is 11.7. The quantitative estimate of drug-likeness (QED) is 0.292. The van der Waals surface area contributed by atoms with Gasteiger partial charge in [0.1, 0.15) is 0 Å². The van der Waals surface area contributed by atoms with E-state index in [9.17, 15) is 17.8 Å². The van der Waals surface area contributed by atoms with Crippen molar-refractivity contribution >= 4 is 37.4 Å². The molecule has 3 aromatic rings. The van der Waals surface area contributed by atoms with Crippen LogP contribution >= 0.6 is 0 Å². The van der Waals surface area contributed by atoms with Crippen LogP contribution in [-0.2, 0) is 27.9 Å². The number of nitrogens with zero attached hydrogens (tertiary/aromatic N) is 1. The molecule has 2 bridgehead atoms. The molecular weight excluding hydrogens is 570 g/mol. The van der Waals surface area contributed by atoms with Crippen LogP contribution in [0.4, 0.5) is 0 Å². The summed E-state index contributed by atoms with van der Waals surface area (Å²) >= 11 is 0. The third-order valence-corrected chi connectivity index (χ3v) is 12.7. The first-order valence-electron chi connectivity index (χ1n) is 14.9. The molecule has 2 aliphatic carbocycles. The van der Waals surface area contributed by atoms with E-state index in [0.29, 0.717) is 12.5 Å². The lowest BCUT2D eigenvalue weighted by molar-refractivity contribution is -0.121. The fraction of sp³-hybridized carbons (Fsp3) is 0.545. The van der Waals surface area contributed by atoms with E-state index in [1.54, 1.807) is 42.3 Å². The molecule has 1 N–H and O–H groups in total. The monoisotopic (exact) mass is 611 g/mol. The fourth-order valence-electron chi connectivity index (χ4n) is 8.46. The van der Waals surface area contributed by atoms with Gasteiger partial charge in [0.15, 0.2) is 33.5 Å². The van der Waals surface area contributed by atoms with E-state index in [-0.39, 0.29) is 18.1 Å². The fourth-order valence-corrected chi connectivity index (χ4v) is 10.0. The van der Waals surface area contributed by atoms with Crippen LogP contribution in [0.3, 0.4) is 0 Å². The number of ketones is 1. The van der Waals surface area contributed by atoms with Crippen LogP contribution in [0.1, 0.15) is 57.1 Å². The van der Waals surface area contributed by atoms with Gasteiger partial charge in [-0.2, -0.15) is 8.42 Å². The molecule has 1 unspecified atom stereocenters. The topological polar surface area (TPSA) is 112 Å². The minimum Gasteiger partial charge on any atom is -0.493 e. The van der Waals surface area contributed by atoms with Crippen LogP contribution in [0.5, 0.6) is 23.0 Å². The highest BCUT2D eigenvalue weighted by Crippen LogP contribution is 2.61. The van der Waals surface area contributed by atoms with E-state index >= 15 is 0 Å². The van der Waals surface area contributed by atoms with Crippen LogP contribution in [0.15, 0.2) is 24.3 Å². The Kier molecular flexibility index (Phi) is 7.34. The average molecular weight is 612 g/mol. The Morgan fingerprint density at radius 1 is 0.791 bits per heavy atom. The van der Waals surface area contributed by atoms with Gasteiger partial charge in [-0.15, -0.1) is 0 Å². The lowest BCUT2D eigenvalue weighted by Gasteiger charge is -2.33. The Bertz CT molecular complexity index is 1650. The van der Waals surface area contributed by atoms with E-state index in [0.717, 1.165) is 47.8 Å². The van der Waals surface area contributed by atoms with Gasteiger partial charge in [-0.25, -0.2) is 0 Å². The summed E-state index contributed by atoms with van der Waals surface area (Å²) < 4.78 is 53.0. The molecule has 1 saturated heterocycles. The zero-order valence-electron chi connectivity index (χ0n) is 25.8. The summed E-state index contributed by atoms with van der Waals surface area (Å²) in [6.45, 7) is 5.70. The summed E-state index contributed by atoms with van der Waals surface area (Å²) in [5.41, 5.74) is 2.22. The Hall–Kier alpha value is -3.08. The number of hydrogen-bond donors (Lipinski definition) is 1. The highest BCUT2D eigenvalue weighted by atomic mass is 32.2. The van der Waals surface area contributed by atoms with Crippen molar-refractivity contribution in [2.75, 3.05) is 35.0 Å². The number of benzene rings is 3. The van der Waals surface area contributed by atoms with E-state index in [1.165, 1.54) is 46.7 Å². The van der Waals surface area contributed by atoms with Gasteiger partial charge in [0.05, 0.1) is 28.4 Å². The van der Waals surface area contributed by atoms with Crippen molar-refractivity contribution in [1.29, 1.82) is 0 Å². The van der Waals surface area contributed by atoms with Crippen molar-refractivity contribution in [2.45, 2.75) is 69.7 Å². The molecule has 3 atom stereocenters. The highest BCUT2D eigenvalue weighted by molar-refractivity contribution is 7.88. The summed E-state index contributed by atoms with van der Waals surface area (Å²) in [5.74, 6) is 2.83. The second-order valence-electron chi connectivity index (χ2n) is 12.8. The van der Waals surface area contributed by atoms with Crippen LogP contribution in [0.25, 0.3) is 21.5 Å². The summed E-state index contributed by atoms with van der Waals surface area (Å²) in [6, 6.07) is 9.12. The molecule has 0 amide bonds. The normalized spacial score (nSPS) is 25.7. The predicted molar refractivity (Wildman–Crippen MR) is 165 cm³/mol. The van der Waals surface area contributed by atoms with Gasteiger partial charge in [-0.1, -0.05) is 13.8 Å². The number of fused-ring (bicyclic) bond motifs is 9. The van der Waals surface area contributed by atoms with Gasteiger partial charge < -0.3 is 18.9 Å². The van der Waals surface area contributed by atoms with Crippen LogP contribution in [0, 0.1) is 11.3 Å². The molecule has 4 aliphatic rings. The van der Waals surface area contributed by atoms with Crippen molar-refractivity contribution in [3.05, 3.63) is 35.4 Å². The minimum atomic E-state index is -4.28. The lowest BCUT2D eigenvalue weighted by atomic mass is 9.81. The summed E-state index contributed by atoms with van der Waals surface area (Å²) in [7, 11) is 2.48. The molecule has 3 fully saturated rings. The Balaban J connectivity index is 0.000000197. The van der Waals surface area contributed by atoms with Crippen molar-refractivity contribution in [3.63, 3.8) is 0 Å². The zero-order valence-corrected chi connectivity index (χ0v) is 26.6. The molecule has 0 aromatic heterocycles. The van der Waals surface area contributed by atoms with Gasteiger partial charge in [-0.05, 0) is 107 Å². The van der Waals surface area contributed by atoms with Crippen molar-refractivity contribution in [2.24, 2.45) is 11.3 Å². The standard InChI is InChI=1S/C24H27NO4.C9H14O4S/c1-26-21-9-16-15-8-14-6-5-7-25(14)13-20(15)19-12-24(29-4)23(28-3)11-18(19)17(16)10-22(21)27-2;1-8(2)6-3-4-9(8,7(10)5-6)14(11,12)13/h9-12,14H,5-8,13H2,1-4H3;6H,3-5H2,1-2H3,(H,11,12,13)/t;6-,9-/m.0/s1. The average Bonchev–Trinajstić information content (AvgIpc) is 3.62. The molecule has 2 heterocycles. The van der Waals surface area contributed by atoms with Gasteiger partial charge >= 0.3 is 0 Å². The number of carbonyl (C=O) groups excluding carboxylic acids is 1. The second kappa shape index (κ2) is 10.5. The number of hydrogen-bond acceptors (Lipinski definition) is 8. The third-order valence-electron chi connectivity index (χ3n) is 10.9. The number of rotatable bonds is 5. The summed E-state index contributed by atoms with van der Waals surface area (Å²) in [6.07, 6.45) is 4.93. The molecule has 9 nitrogen and oxygen atoms in total. The van der Waals surface area contributed by atoms with E-state index < -0.39 is 20.3 Å². The molecule has 0 radical (unpaired) electrons.